The number of carbonyl (C=O) groups is 2. The molecule has 1 unspecified atom stereocenters. The van der Waals surface area contributed by atoms with E-state index in [-0.39, 0.29) is 48.0 Å². The molecule has 1 atom stereocenters. The number of amides is 2. The average molecular weight is 383 g/mol. The first-order valence-corrected chi connectivity index (χ1v) is 8.99. The Balaban J connectivity index is 2.01. The van der Waals surface area contributed by atoms with E-state index >= 15 is 0 Å². The van der Waals surface area contributed by atoms with Gasteiger partial charge in [-0.05, 0) is 24.8 Å². The summed E-state index contributed by atoms with van der Waals surface area (Å²) in [5.41, 5.74) is 5.81. The number of nitrogens with two attached hydrogens (primary N) is 1. The molecule has 1 saturated heterocycles. The maximum atomic E-state index is 12.7. The second-order valence-corrected chi connectivity index (χ2v) is 6.70. The van der Waals surface area contributed by atoms with Crippen molar-refractivity contribution in [1.82, 2.24) is 10.2 Å². The minimum absolute atomic E-state index is 0.0604. The van der Waals surface area contributed by atoms with Crippen LogP contribution in [0, 0.1) is 10.1 Å². The molecule has 142 valence electrons. The van der Waals surface area contributed by atoms with Gasteiger partial charge in [-0.25, -0.2) is 0 Å². The lowest BCUT2D eigenvalue weighted by molar-refractivity contribution is -0.384. The molecule has 1 heterocycles. The van der Waals surface area contributed by atoms with Crippen LogP contribution in [-0.4, -0.2) is 47.3 Å². The molecule has 1 aliphatic heterocycles. The molecule has 2 amide bonds. The third-order valence-electron chi connectivity index (χ3n) is 4.44. The molecule has 26 heavy (non-hydrogen) atoms. The van der Waals surface area contributed by atoms with Crippen LogP contribution in [0.2, 0.25) is 5.02 Å². The Bertz CT molecular complexity index is 683. The van der Waals surface area contributed by atoms with Gasteiger partial charge in [0.05, 0.1) is 16.4 Å². The van der Waals surface area contributed by atoms with Gasteiger partial charge in [0, 0.05) is 44.2 Å². The third kappa shape index (κ3) is 5.40. The number of non-ortho nitro benzene ring substituents is 1. The molecule has 1 fully saturated rings. The van der Waals surface area contributed by atoms with Crippen LogP contribution in [0.25, 0.3) is 0 Å². The lowest BCUT2D eigenvalue weighted by atomic mass is 10.0. The monoisotopic (exact) mass is 382 g/mol. The van der Waals surface area contributed by atoms with Crippen molar-refractivity contribution >= 4 is 29.1 Å². The summed E-state index contributed by atoms with van der Waals surface area (Å²) in [6.07, 6.45) is 3.07. The second-order valence-electron chi connectivity index (χ2n) is 6.29. The Morgan fingerprint density at radius 3 is 2.81 bits per heavy atom. The molecule has 0 spiro atoms. The minimum atomic E-state index is -0.526. The van der Waals surface area contributed by atoms with Crippen LogP contribution >= 0.6 is 11.6 Å². The number of hydrogen-bond acceptors (Lipinski definition) is 5. The molecule has 2 rings (SSSR count). The molecule has 0 bridgehead atoms. The van der Waals surface area contributed by atoms with Crippen molar-refractivity contribution in [2.75, 3.05) is 19.6 Å². The summed E-state index contributed by atoms with van der Waals surface area (Å²) in [4.78, 5) is 36.4. The Hall–Kier alpha value is -2.19. The van der Waals surface area contributed by atoms with Crippen LogP contribution in [0.4, 0.5) is 5.69 Å². The van der Waals surface area contributed by atoms with E-state index in [0.29, 0.717) is 18.7 Å². The zero-order valence-electron chi connectivity index (χ0n) is 14.4. The number of nitrogens with zero attached hydrogens (tertiary/aromatic N) is 2. The second kappa shape index (κ2) is 9.49. The topological polar surface area (TPSA) is 119 Å². The van der Waals surface area contributed by atoms with E-state index in [1.165, 1.54) is 18.2 Å². The Morgan fingerprint density at radius 2 is 2.15 bits per heavy atom. The number of likely N-dealkylation sites (tertiary alicyclic amines) is 1. The normalized spacial score (nSPS) is 17.0. The number of rotatable bonds is 7. The van der Waals surface area contributed by atoms with E-state index in [1.54, 1.807) is 4.90 Å². The summed E-state index contributed by atoms with van der Waals surface area (Å²) in [5.74, 6) is -0.220. The Morgan fingerprint density at radius 1 is 1.38 bits per heavy atom. The van der Waals surface area contributed by atoms with Gasteiger partial charge in [-0.15, -0.1) is 0 Å². The van der Waals surface area contributed by atoms with Crippen LogP contribution in [0.1, 0.15) is 31.2 Å². The van der Waals surface area contributed by atoms with Gasteiger partial charge in [-0.3, -0.25) is 19.7 Å². The summed E-state index contributed by atoms with van der Waals surface area (Å²) >= 11 is 6.09. The van der Waals surface area contributed by atoms with Crippen molar-refractivity contribution in [1.29, 1.82) is 0 Å². The van der Waals surface area contributed by atoms with Crippen LogP contribution in [0.5, 0.6) is 0 Å². The van der Waals surface area contributed by atoms with Crippen LogP contribution in [0.3, 0.4) is 0 Å². The van der Waals surface area contributed by atoms with Crippen LogP contribution in [-0.2, 0) is 16.0 Å². The van der Waals surface area contributed by atoms with Gasteiger partial charge in [0.1, 0.15) is 0 Å². The first-order valence-electron chi connectivity index (χ1n) is 8.61. The SMILES string of the molecule is NCCC(=O)NCC1CCCCN1C(=O)Cc1ccc([N+](=O)[O-])cc1Cl. The summed E-state index contributed by atoms with van der Waals surface area (Å²) in [7, 11) is 0. The smallest absolute Gasteiger partial charge is 0.270 e. The number of nitro benzene ring substituents is 1. The molecule has 1 aromatic rings. The highest BCUT2D eigenvalue weighted by atomic mass is 35.5. The van der Waals surface area contributed by atoms with Crippen molar-refractivity contribution in [2.45, 2.75) is 38.1 Å². The number of carbonyl (C=O) groups excluding carboxylic acids is 2. The largest absolute Gasteiger partial charge is 0.354 e. The van der Waals surface area contributed by atoms with E-state index < -0.39 is 4.92 Å². The average Bonchev–Trinajstić information content (AvgIpc) is 2.62. The van der Waals surface area contributed by atoms with Crippen molar-refractivity contribution in [3.05, 3.63) is 38.9 Å². The van der Waals surface area contributed by atoms with E-state index in [1.807, 2.05) is 0 Å². The number of halogens is 1. The molecule has 1 aliphatic rings. The zero-order valence-corrected chi connectivity index (χ0v) is 15.2. The fraction of sp³-hybridized carbons (Fsp3) is 0.529. The molecular weight excluding hydrogens is 360 g/mol. The zero-order chi connectivity index (χ0) is 19.1. The molecule has 0 saturated carbocycles. The van der Waals surface area contributed by atoms with E-state index in [9.17, 15) is 19.7 Å². The molecule has 8 nitrogen and oxygen atoms in total. The molecule has 0 aliphatic carbocycles. The molecule has 0 radical (unpaired) electrons. The van der Waals surface area contributed by atoms with E-state index in [4.69, 9.17) is 17.3 Å². The van der Waals surface area contributed by atoms with Gasteiger partial charge in [0.2, 0.25) is 11.8 Å². The molecular formula is C17H23ClN4O4. The van der Waals surface area contributed by atoms with E-state index in [2.05, 4.69) is 5.32 Å². The highest BCUT2D eigenvalue weighted by molar-refractivity contribution is 6.31. The summed E-state index contributed by atoms with van der Waals surface area (Å²) in [6, 6.07) is 4.05. The fourth-order valence-corrected chi connectivity index (χ4v) is 3.29. The molecule has 1 aromatic carbocycles. The first-order chi connectivity index (χ1) is 12.4. The predicted octanol–water partition coefficient (Wildman–Crippen LogP) is 1.64. The van der Waals surface area contributed by atoms with Gasteiger partial charge in [0.25, 0.3) is 5.69 Å². The number of piperidine rings is 1. The van der Waals surface area contributed by atoms with Gasteiger partial charge >= 0.3 is 0 Å². The van der Waals surface area contributed by atoms with Gasteiger partial charge < -0.3 is 16.0 Å². The fourth-order valence-electron chi connectivity index (χ4n) is 3.05. The highest BCUT2D eigenvalue weighted by Crippen LogP contribution is 2.24. The standard InChI is InChI=1S/C17H23ClN4O4/c18-15-10-13(22(25)26)5-4-12(15)9-17(24)21-8-2-1-3-14(21)11-20-16(23)6-7-19/h4-5,10,14H,1-3,6-9,11,19H2,(H,20,23). The number of nitro groups is 1. The number of benzene rings is 1. The van der Waals surface area contributed by atoms with Gasteiger partial charge in [-0.2, -0.15) is 0 Å². The summed E-state index contributed by atoms with van der Waals surface area (Å²) < 4.78 is 0. The van der Waals surface area contributed by atoms with Crippen molar-refractivity contribution in [3.8, 4) is 0 Å². The van der Waals surface area contributed by atoms with Crippen molar-refractivity contribution in [2.24, 2.45) is 5.73 Å². The number of nitrogens with one attached hydrogen (secondary N) is 1. The van der Waals surface area contributed by atoms with Gasteiger partial charge in [-0.1, -0.05) is 17.7 Å². The molecule has 9 heteroatoms. The lowest BCUT2D eigenvalue weighted by Gasteiger charge is -2.36. The quantitative estimate of drug-likeness (QED) is 0.548. The third-order valence-corrected chi connectivity index (χ3v) is 4.79. The maximum Gasteiger partial charge on any atom is 0.270 e. The number of hydrogen-bond donors (Lipinski definition) is 2. The van der Waals surface area contributed by atoms with E-state index in [0.717, 1.165) is 19.3 Å². The molecule has 0 aromatic heterocycles. The Labute approximate surface area is 156 Å². The maximum absolute atomic E-state index is 12.7. The summed E-state index contributed by atoms with van der Waals surface area (Å²) in [6.45, 7) is 1.32. The molecule has 3 N–H and O–H groups in total. The van der Waals surface area contributed by atoms with Crippen molar-refractivity contribution in [3.63, 3.8) is 0 Å². The minimum Gasteiger partial charge on any atom is -0.354 e. The lowest BCUT2D eigenvalue weighted by Crippen LogP contribution is -2.50. The highest BCUT2D eigenvalue weighted by Gasteiger charge is 2.27. The van der Waals surface area contributed by atoms with Gasteiger partial charge in [0.15, 0.2) is 0 Å². The first kappa shape index (κ1) is 20.1. The van der Waals surface area contributed by atoms with Crippen LogP contribution < -0.4 is 11.1 Å². The van der Waals surface area contributed by atoms with Crippen LogP contribution in [0.15, 0.2) is 18.2 Å². The summed E-state index contributed by atoms with van der Waals surface area (Å²) in [5, 5.41) is 13.8. The Kier molecular flexibility index (Phi) is 7.35. The van der Waals surface area contributed by atoms with Crippen molar-refractivity contribution < 1.29 is 14.5 Å². The predicted molar refractivity (Wildman–Crippen MR) is 97.8 cm³/mol.